The van der Waals surface area contributed by atoms with Gasteiger partial charge in [-0.1, -0.05) is 25.5 Å². The number of rotatable bonds is 8. The van der Waals surface area contributed by atoms with E-state index in [1.54, 1.807) is 0 Å². The summed E-state index contributed by atoms with van der Waals surface area (Å²) in [6, 6.07) is 10.1. The van der Waals surface area contributed by atoms with E-state index in [0.717, 1.165) is 60.7 Å². The fourth-order valence-electron chi connectivity index (χ4n) is 4.48. The highest BCUT2D eigenvalue weighted by atomic mass is 16.4. The molecule has 0 atom stereocenters. The van der Waals surface area contributed by atoms with Crippen molar-refractivity contribution in [3.8, 4) is 0 Å². The predicted octanol–water partition coefficient (Wildman–Crippen LogP) is 4.97. The van der Waals surface area contributed by atoms with Gasteiger partial charge in [-0.15, -0.1) is 0 Å². The van der Waals surface area contributed by atoms with Crippen LogP contribution in [0.4, 0.5) is 5.69 Å². The molecule has 3 aromatic rings. The fourth-order valence-corrected chi connectivity index (χ4v) is 4.48. The second kappa shape index (κ2) is 12.5. The molecule has 3 heterocycles. The SMILES string of the molecule is CCc1nc2c(C)cc(C)nc2n1Cc1ccc(N)cc1.O=C(O)CCCCN1CCCCC1. The molecule has 0 saturated carbocycles. The van der Waals surface area contributed by atoms with Crippen LogP contribution in [0.2, 0.25) is 0 Å². The molecule has 4 rings (SSSR count). The molecular weight excluding hydrogens is 426 g/mol. The number of hydrogen-bond donors (Lipinski definition) is 2. The van der Waals surface area contributed by atoms with Crippen molar-refractivity contribution in [2.45, 2.75) is 72.3 Å². The number of likely N-dealkylation sites (tertiary alicyclic amines) is 1. The van der Waals surface area contributed by atoms with Gasteiger partial charge in [-0.25, -0.2) is 9.97 Å². The van der Waals surface area contributed by atoms with Gasteiger partial charge in [-0.2, -0.15) is 0 Å². The molecule has 0 bridgehead atoms. The molecule has 0 unspecified atom stereocenters. The van der Waals surface area contributed by atoms with Gasteiger partial charge in [-0.3, -0.25) is 4.79 Å². The Morgan fingerprint density at radius 2 is 1.76 bits per heavy atom. The Morgan fingerprint density at radius 3 is 2.41 bits per heavy atom. The van der Waals surface area contributed by atoms with E-state index in [0.29, 0.717) is 6.42 Å². The zero-order valence-electron chi connectivity index (χ0n) is 20.9. The molecule has 1 aromatic carbocycles. The topological polar surface area (TPSA) is 97.3 Å². The van der Waals surface area contributed by atoms with E-state index >= 15 is 0 Å². The average molecular weight is 466 g/mol. The average Bonchev–Trinajstić information content (AvgIpc) is 3.17. The quantitative estimate of drug-likeness (QED) is 0.360. The highest BCUT2D eigenvalue weighted by Crippen LogP contribution is 2.21. The first-order chi connectivity index (χ1) is 16.4. The predicted molar refractivity (Wildman–Crippen MR) is 138 cm³/mol. The van der Waals surface area contributed by atoms with E-state index in [-0.39, 0.29) is 0 Å². The smallest absolute Gasteiger partial charge is 0.303 e. The number of hydrogen-bond acceptors (Lipinski definition) is 5. The van der Waals surface area contributed by atoms with Crippen LogP contribution in [0.3, 0.4) is 0 Å². The van der Waals surface area contributed by atoms with Crippen molar-refractivity contribution in [1.82, 2.24) is 19.4 Å². The zero-order chi connectivity index (χ0) is 24.5. The molecular formula is C27H39N5O2. The van der Waals surface area contributed by atoms with Gasteiger partial charge in [0.25, 0.3) is 0 Å². The van der Waals surface area contributed by atoms with E-state index in [9.17, 15) is 4.79 Å². The number of unbranched alkanes of at least 4 members (excludes halogenated alkanes) is 1. The first-order valence-electron chi connectivity index (χ1n) is 12.5. The van der Waals surface area contributed by atoms with Crippen molar-refractivity contribution in [3.05, 3.63) is 53.0 Å². The lowest BCUT2D eigenvalue weighted by Crippen LogP contribution is -2.30. The van der Waals surface area contributed by atoms with E-state index in [1.165, 1.54) is 43.5 Å². The highest BCUT2D eigenvalue weighted by molar-refractivity contribution is 5.76. The third-order valence-corrected chi connectivity index (χ3v) is 6.30. The molecule has 184 valence electrons. The van der Waals surface area contributed by atoms with E-state index in [2.05, 4.69) is 41.5 Å². The number of aryl methyl sites for hydroxylation is 3. The molecule has 0 radical (unpaired) electrons. The molecule has 7 heteroatoms. The van der Waals surface area contributed by atoms with Gasteiger partial charge in [0, 0.05) is 24.2 Å². The largest absolute Gasteiger partial charge is 0.481 e. The number of benzene rings is 1. The summed E-state index contributed by atoms with van der Waals surface area (Å²) in [4.78, 5) is 22.1. The number of imidazole rings is 1. The van der Waals surface area contributed by atoms with E-state index in [4.69, 9.17) is 20.8 Å². The number of carboxylic acids is 1. The summed E-state index contributed by atoms with van der Waals surface area (Å²) in [6.45, 7) is 10.5. The minimum atomic E-state index is -0.668. The van der Waals surface area contributed by atoms with Gasteiger partial charge in [0.2, 0.25) is 0 Å². The minimum absolute atomic E-state index is 0.327. The van der Waals surface area contributed by atoms with Crippen LogP contribution in [0.5, 0.6) is 0 Å². The van der Waals surface area contributed by atoms with Crippen molar-refractivity contribution < 1.29 is 9.90 Å². The molecule has 7 nitrogen and oxygen atoms in total. The molecule has 0 aliphatic carbocycles. The third kappa shape index (κ3) is 7.29. The van der Waals surface area contributed by atoms with Gasteiger partial charge in [0.15, 0.2) is 5.65 Å². The van der Waals surface area contributed by atoms with Crippen LogP contribution in [-0.2, 0) is 17.8 Å². The van der Waals surface area contributed by atoms with Crippen molar-refractivity contribution in [3.63, 3.8) is 0 Å². The van der Waals surface area contributed by atoms with Crippen LogP contribution in [-0.4, -0.2) is 50.1 Å². The standard InChI is InChI=1S/C17H20N4.C10H19NO2/c1-4-15-20-16-11(2)9-12(3)19-17(16)21(15)10-13-5-7-14(18)8-6-13;12-10(13)6-2-5-9-11-7-3-1-4-8-11/h5-9H,4,10,18H2,1-3H3;1-9H2,(H,12,13). The molecule has 1 saturated heterocycles. The van der Waals surface area contributed by atoms with Crippen molar-refractivity contribution in [1.29, 1.82) is 0 Å². The molecule has 0 spiro atoms. The molecule has 34 heavy (non-hydrogen) atoms. The Balaban J connectivity index is 0.000000215. The number of anilines is 1. The number of piperidine rings is 1. The molecule has 2 aromatic heterocycles. The summed E-state index contributed by atoms with van der Waals surface area (Å²) < 4.78 is 2.21. The summed E-state index contributed by atoms with van der Waals surface area (Å²) in [6.07, 6.45) is 7.08. The number of carbonyl (C=O) groups is 1. The van der Waals surface area contributed by atoms with Gasteiger partial charge >= 0.3 is 5.97 Å². The second-order valence-corrected chi connectivity index (χ2v) is 9.22. The first-order valence-corrected chi connectivity index (χ1v) is 12.5. The fraction of sp³-hybridized carbons (Fsp3) is 0.519. The van der Waals surface area contributed by atoms with Crippen LogP contribution >= 0.6 is 0 Å². The second-order valence-electron chi connectivity index (χ2n) is 9.22. The Bertz CT molecular complexity index is 1070. The maximum Gasteiger partial charge on any atom is 0.303 e. The number of nitrogens with zero attached hydrogens (tertiary/aromatic N) is 4. The summed E-state index contributed by atoms with van der Waals surface area (Å²) in [7, 11) is 0. The summed E-state index contributed by atoms with van der Waals surface area (Å²) >= 11 is 0. The molecule has 1 aliphatic heterocycles. The summed E-state index contributed by atoms with van der Waals surface area (Å²) in [5, 5.41) is 8.44. The lowest BCUT2D eigenvalue weighted by Gasteiger charge is -2.26. The molecule has 3 N–H and O–H groups in total. The normalized spacial score (nSPS) is 14.1. The number of nitrogens with two attached hydrogens (primary N) is 1. The van der Waals surface area contributed by atoms with Crippen LogP contribution < -0.4 is 5.73 Å². The van der Waals surface area contributed by atoms with E-state index < -0.39 is 5.97 Å². The number of pyridine rings is 1. The summed E-state index contributed by atoms with van der Waals surface area (Å²) in [5.41, 5.74) is 11.9. The van der Waals surface area contributed by atoms with Crippen LogP contribution in [0.15, 0.2) is 30.3 Å². The van der Waals surface area contributed by atoms with Gasteiger partial charge in [0.05, 0.1) is 6.54 Å². The van der Waals surface area contributed by atoms with Crippen LogP contribution in [0.1, 0.15) is 68.1 Å². The number of nitrogen functional groups attached to an aromatic ring is 1. The number of aromatic nitrogens is 3. The molecule has 1 fully saturated rings. The minimum Gasteiger partial charge on any atom is -0.481 e. The number of aliphatic carboxylic acids is 1. The van der Waals surface area contributed by atoms with Crippen molar-refractivity contribution >= 4 is 22.8 Å². The van der Waals surface area contributed by atoms with Crippen LogP contribution in [0, 0.1) is 13.8 Å². The Kier molecular flexibility index (Phi) is 9.45. The number of carboxylic acid groups (broad SMARTS) is 1. The van der Waals surface area contributed by atoms with Gasteiger partial charge in [0.1, 0.15) is 11.3 Å². The summed E-state index contributed by atoms with van der Waals surface area (Å²) in [5.74, 6) is 0.404. The Labute approximate surface area is 203 Å². The van der Waals surface area contributed by atoms with E-state index in [1.807, 2.05) is 19.1 Å². The van der Waals surface area contributed by atoms with Gasteiger partial charge in [-0.05, 0) is 88.5 Å². The maximum absolute atomic E-state index is 10.2. The highest BCUT2D eigenvalue weighted by Gasteiger charge is 2.13. The van der Waals surface area contributed by atoms with Gasteiger partial charge < -0.3 is 20.3 Å². The Morgan fingerprint density at radius 1 is 1.06 bits per heavy atom. The maximum atomic E-state index is 10.2. The van der Waals surface area contributed by atoms with Crippen LogP contribution in [0.25, 0.3) is 11.2 Å². The zero-order valence-corrected chi connectivity index (χ0v) is 20.9. The monoisotopic (exact) mass is 465 g/mol. The third-order valence-electron chi connectivity index (χ3n) is 6.30. The molecule has 1 aliphatic rings. The number of fused-ring (bicyclic) bond motifs is 1. The lowest BCUT2D eigenvalue weighted by atomic mass is 10.1. The molecule has 0 amide bonds. The first kappa shape index (κ1) is 25.7. The van der Waals surface area contributed by atoms with Crippen molar-refractivity contribution in [2.75, 3.05) is 25.4 Å². The lowest BCUT2D eigenvalue weighted by molar-refractivity contribution is -0.137. The van der Waals surface area contributed by atoms with Crippen molar-refractivity contribution in [2.24, 2.45) is 0 Å². The Hall–Kier alpha value is -2.93.